The van der Waals surface area contributed by atoms with Crippen LogP contribution in [-0.4, -0.2) is 34.8 Å². The van der Waals surface area contributed by atoms with Gasteiger partial charge in [0.05, 0.1) is 12.8 Å². The van der Waals surface area contributed by atoms with Crippen molar-refractivity contribution in [3.63, 3.8) is 0 Å². The van der Waals surface area contributed by atoms with Crippen LogP contribution in [0.25, 0.3) is 22.2 Å². The zero-order valence-electron chi connectivity index (χ0n) is 13.3. The van der Waals surface area contributed by atoms with Crippen LogP contribution in [0.4, 0.5) is 0 Å². The lowest BCUT2D eigenvalue weighted by Gasteiger charge is -2.16. The first-order valence-electron chi connectivity index (χ1n) is 7.56. The number of fused-ring (bicyclic) bond motifs is 1. The molecule has 6 heteroatoms. The molecule has 0 saturated carbocycles. The fourth-order valence-electron chi connectivity index (χ4n) is 2.45. The fraction of sp³-hybridized carbons (Fsp3) is 0.375. The average molecular weight is 314 g/mol. The summed E-state index contributed by atoms with van der Waals surface area (Å²) in [6.45, 7) is 8.48. The molecular formula is C16H22N4OSi. The van der Waals surface area contributed by atoms with Gasteiger partial charge in [-0.3, -0.25) is 5.10 Å². The molecule has 2 N–H and O–H groups in total. The number of aromatic nitrogens is 4. The molecule has 0 amide bonds. The highest BCUT2D eigenvalue weighted by Gasteiger charge is 2.15. The van der Waals surface area contributed by atoms with Gasteiger partial charge < -0.3 is 9.72 Å². The van der Waals surface area contributed by atoms with Gasteiger partial charge >= 0.3 is 0 Å². The largest absolute Gasteiger partial charge is 0.377 e. The molecule has 0 bridgehead atoms. The lowest BCUT2D eigenvalue weighted by Crippen LogP contribution is -2.21. The summed E-state index contributed by atoms with van der Waals surface area (Å²) < 4.78 is 5.91. The summed E-state index contributed by atoms with van der Waals surface area (Å²) in [5, 5.41) is 8.06. The topological polar surface area (TPSA) is 66.6 Å². The van der Waals surface area contributed by atoms with Crippen molar-refractivity contribution >= 4 is 19.1 Å². The molecule has 0 aliphatic heterocycles. The van der Waals surface area contributed by atoms with Crippen LogP contribution in [0.15, 0.2) is 30.9 Å². The third-order valence-corrected chi connectivity index (χ3v) is 5.41. The highest BCUT2D eigenvalue weighted by Crippen LogP contribution is 2.30. The van der Waals surface area contributed by atoms with Crippen molar-refractivity contribution in [3.8, 4) is 11.1 Å². The number of ether oxygens (including phenoxy) is 1. The Hall–Kier alpha value is -1.92. The van der Waals surface area contributed by atoms with Gasteiger partial charge in [-0.1, -0.05) is 19.6 Å². The molecule has 0 atom stereocenters. The van der Waals surface area contributed by atoms with Crippen molar-refractivity contribution in [2.45, 2.75) is 32.3 Å². The molecule has 5 nitrogen and oxygen atoms in total. The molecule has 0 fully saturated rings. The number of nitrogens with zero attached hydrogens (tertiary/aromatic N) is 2. The van der Waals surface area contributed by atoms with Crippen LogP contribution in [0.2, 0.25) is 25.7 Å². The Labute approximate surface area is 131 Å². The van der Waals surface area contributed by atoms with E-state index < -0.39 is 8.07 Å². The van der Waals surface area contributed by atoms with E-state index in [1.54, 1.807) is 0 Å². The molecule has 0 saturated heterocycles. The Bertz CT molecular complexity index is 743. The lowest BCUT2D eigenvalue weighted by atomic mass is 10.0. The Morgan fingerprint density at radius 2 is 2.09 bits per heavy atom. The Kier molecular flexibility index (Phi) is 4.13. The smallest absolute Gasteiger partial charge is 0.137 e. The molecule has 116 valence electrons. The summed E-state index contributed by atoms with van der Waals surface area (Å²) in [6.07, 6.45) is 7.56. The molecule has 3 heterocycles. The average Bonchev–Trinajstić information content (AvgIpc) is 3.12. The number of pyridine rings is 1. The van der Waals surface area contributed by atoms with E-state index >= 15 is 0 Å². The van der Waals surface area contributed by atoms with Gasteiger partial charge in [-0.05, 0) is 12.1 Å². The zero-order chi connectivity index (χ0) is 15.6. The van der Waals surface area contributed by atoms with Crippen molar-refractivity contribution in [2.24, 2.45) is 0 Å². The maximum atomic E-state index is 5.91. The SMILES string of the molecule is C[Si](C)(C)CCOCc1cnc2[nH]ccc2c1-c1cn[nH]c1. The molecule has 0 unspecified atom stereocenters. The van der Waals surface area contributed by atoms with E-state index in [4.69, 9.17) is 4.74 Å². The first-order valence-corrected chi connectivity index (χ1v) is 11.3. The first kappa shape index (κ1) is 15.0. The molecule has 0 spiro atoms. The number of hydrogen-bond donors (Lipinski definition) is 2. The summed E-state index contributed by atoms with van der Waals surface area (Å²) >= 11 is 0. The van der Waals surface area contributed by atoms with E-state index in [0.29, 0.717) is 6.61 Å². The number of aromatic amines is 2. The normalized spacial score (nSPS) is 12.1. The molecule has 3 aromatic heterocycles. The summed E-state index contributed by atoms with van der Waals surface area (Å²) in [7, 11) is -1.06. The third kappa shape index (κ3) is 3.28. The standard InChI is InChI=1S/C16H22N4OSi/c1-22(2,3)7-6-21-11-13-8-18-16-14(4-5-17-16)15(13)12-9-19-20-10-12/h4-5,8-10H,6-7,11H2,1-3H3,(H,17,18)(H,19,20). The second-order valence-electron chi connectivity index (χ2n) is 6.75. The quantitative estimate of drug-likeness (QED) is 0.537. The Morgan fingerprint density at radius 1 is 1.23 bits per heavy atom. The molecule has 0 aliphatic carbocycles. The minimum Gasteiger partial charge on any atom is -0.377 e. The minimum absolute atomic E-state index is 0.582. The van der Waals surface area contributed by atoms with Gasteiger partial charge in [0.2, 0.25) is 0 Å². The maximum Gasteiger partial charge on any atom is 0.137 e. The van der Waals surface area contributed by atoms with Crippen molar-refractivity contribution in [1.29, 1.82) is 0 Å². The van der Waals surface area contributed by atoms with Crippen LogP contribution >= 0.6 is 0 Å². The van der Waals surface area contributed by atoms with E-state index in [2.05, 4.69) is 45.9 Å². The van der Waals surface area contributed by atoms with E-state index in [0.717, 1.165) is 34.3 Å². The molecule has 3 rings (SSSR count). The fourth-order valence-corrected chi connectivity index (χ4v) is 3.20. The number of H-pyrrole nitrogens is 2. The molecular weight excluding hydrogens is 292 g/mol. The summed E-state index contributed by atoms with van der Waals surface area (Å²) in [6, 6.07) is 3.23. The van der Waals surface area contributed by atoms with Gasteiger partial charge in [-0.15, -0.1) is 0 Å². The van der Waals surface area contributed by atoms with E-state index in [1.165, 1.54) is 6.04 Å². The van der Waals surface area contributed by atoms with E-state index in [9.17, 15) is 0 Å². The van der Waals surface area contributed by atoms with Crippen molar-refractivity contribution in [2.75, 3.05) is 6.61 Å². The number of nitrogens with one attached hydrogen (secondary N) is 2. The van der Waals surface area contributed by atoms with Crippen LogP contribution in [0.5, 0.6) is 0 Å². The molecule has 0 radical (unpaired) electrons. The van der Waals surface area contributed by atoms with Gasteiger partial charge in [0.1, 0.15) is 5.65 Å². The van der Waals surface area contributed by atoms with Crippen LogP contribution in [0.1, 0.15) is 5.56 Å². The summed E-state index contributed by atoms with van der Waals surface area (Å²) in [5.74, 6) is 0. The predicted octanol–water partition coefficient (Wildman–Crippen LogP) is 3.81. The lowest BCUT2D eigenvalue weighted by molar-refractivity contribution is 0.133. The zero-order valence-corrected chi connectivity index (χ0v) is 14.3. The summed E-state index contributed by atoms with van der Waals surface area (Å²) in [5.41, 5.74) is 4.20. The molecule has 3 aromatic rings. The number of rotatable bonds is 6. The maximum absolute atomic E-state index is 5.91. The Balaban J connectivity index is 1.84. The first-order chi connectivity index (χ1) is 10.5. The highest BCUT2D eigenvalue weighted by molar-refractivity contribution is 6.76. The van der Waals surface area contributed by atoms with Gasteiger partial charge in [-0.25, -0.2) is 4.98 Å². The number of hydrogen-bond acceptors (Lipinski definition) is 3. The monoisotopic (exact) mass is 314 g/mol. The second-order valence-corrected chi connectivity index (χ2v) is 12.4. The van der Waals surface area contributed by atoms with Gasteiger partial charge in [0.25, 0.3) is 0 Å². The summed E-state index contributed by atoms with van der Waals surface area (Å²) in [4.78, 5) is 7.64. The van der Waals surface area contributed by atoms with Gasteiger partial charge in [0.15, 0.2) is 0 Å². The molecule has 0 aromatic carbocycles. The van der Waals surface area contributed by atoms with Crippen molar-refractivity contribution < 1.29 is 4.74 Å². The van der Waals surface area contributed by atoms with Crippen molar-refractivity contribution in [1.82, 2.24) is 20.2 Å². The Morgan fingerprint density at radius 3 is 2.82 bits per heavy atom. The van der Waals surface area contributed by atoms with Crippen LogP contribution < -0.4 is 0 Å². The molecule has 0 aliphatic rings. The highest BCUT2D eigenvalue weighted by atomic mass is 28.3. The molecule has 22 heavy (non-hydrogen) atoms. The predicted molar refractivity (Wildman–Crippen MR) is 91.5 cm³/mol. The second kappa shape index (κ2) is 6.06. The van der Waals surface area contributed by atoms with E-state index in [1.807, 2.05) is 24.8 Å². The minimum atomic E-state index is -1.06. The van der Waals surface area contributed by atoms with Crippen molar-refractivity contribution in [3.05, 3.63) is 36.4 Å². The van der Waals surface area contributed by atoms with Gasteiger partial charge in [-0.2, -0.15) is 5.10 Å². The van der Waals surface area contributed by atoms with Gasteiger partial charge in [0, 0.05) is 55.3 Å². The van der Waals surface area contributed by atoms with Crippen LogP contribution in [0.3, 0.4) is 0 Å². The van der Waals surface area contributed by atoms with Crippen LogP contribution in [0, 0.1) is 0 Å². The third-order valence-electron chi connectivity index (χ3n) is 3.71. The van der Waals surface area contributed by atoms with Crippen LogP contribution in [-0.2, 0) is 11.3 Å². The van der Waals surface area contributed by atoms with E-state index in [-0.39, 0.29) is 0 Å².